The topological polar surface area (TPSA) is 96.0 Å². The normalized spacial score (nSPS) is 11.9. The van der Waals surface area contributed by atoms with Gasteiger partial charge in [-0.1, -0.05) is 49.7 Å². The number of anilines is 1. The fraction of sp³-hybridized carbons (Fsp3) is 0.355. The molecule has 3 rings (SSSR count). The molecule has 0 bridgehead atoms. The summed E-state index contributed by atoms with van der Waals surface area (Å²) in [7, 11) is -2.54. The Balaban J connectivity index is 2.03. The van der Waals surface area contributed by atoms with Gasteiger partial charge in [0, 0.05) is 13.1 Å². The number of amides is 2. The Morgan fingerprint density at radius 3 is 2.25 bits per heavy atom. The molecule has 0 saturated carbocycles. The van der Waals surface area contributed by atoms with Crippen molar-refractivity contribution in [3.05, 3.63) is 89.5 Å². The number of carbonyl (C=O) groups is 2. The lowest BCUT2D eigenvalue weighted by Gasteiger charge is -2.32. The van der Waals surface area contributed by atoms with Crippen LogP contribution >= 0.6 is 0 Å². The van der Waals surface area contributed by atoms with E-state index in [1.807, 2.05) is 39.0 Å². The number of unbranched alkanes of at least 4 members (excludes halogenated alkanes) is 1. The van der Waals surface area contributed by atoms with Crippen LogP contribution in [-0.4, -0.2) is 51.4 Å². The number of sulfonamides is 1. The third-order valence-electron chi connectivity index (χ3n) is 6.59. The van der Waals surface area contributed by atoms with E-state index in [1.54, 1.807) is 56.5 Å². The van der Waals surface area contributed by atoms with Gasteiger partial charge in [0.05, 0.1) is 17.7 Å². The minimum absolute atomic E-state index is 0.0756. The van der Waals surface area contributed by atoms with E-state index in [9.17, 15) is 18.0 Å². The summed E-state index contributed by atoms with van der Waals surface area (Å²) in [5, 5.41) is 2.89. The highest BCUT2D eigenvalue weighted by Gasteiger charge is 2.32. The highest BCUT2D eigenvalue weighted by molar-refractivity contribution is 7.92. The largest absolute Gasteiger partial charge is 0.497 e. The molecule has 0 aliphatic heterocycles. The number of rotatable bonds is 13. The van der Waals surface area contributed by atoms with Gasteiger partial charge in [0.15, 0.2) is 0 Å². The zero-order valence-electron chi connectivity index (χ0n) is 23.9. The van der Waals surface area contributed by atoms with Gasteiger partial charge in [0.25, 0.3) is 10.0 Å². The van der Waals surface area contributed by atoms with Crippen molar-refractivity contribution in [1.82, 2.24) is 10.2 Å². The van der Waals surface area contributed by atoms with Crippen molar-refractivity contribution in [1.29, 1.82) is 0 Å². The van der Waals surface area contributed by atoms with Crippen LogP contribution in [0.15, 0.2) is 77.7 Å². The van der Waals surface area contributed by atoms with Crippen LogP contribution in [0.4, 0.5) is 5.69 Å². The summed E-state index contributed by atoms with van der Waals surface area (Å²) in [6.07, 6.45) is 1.74. The number of benzene rings is 3. The summed E-state index contributed by atoms with van der Waals surface area (Å²) in [6.45, 7) is 7.57. The van der Waals surface area contributed by atoms with E-state index in [-0.39, 0.29) is 17.3 Å². The number of nitrogens with one attached hydrogen (secondary N) is 1. The third-order valence-corrected chi connectivity index (χ3v) is 8.38. The summed E-state index contributed by atoms with van der Waals surface area (Å²) >= 11 is 0. The predicted octanol–water partition coefficient (Wildman–Crippen LogP) is 4.84. The van der Waals surface area contributed by atoms with Crippen molar-refractivity contribution in [3.63, 3.8) is 0 Å². The van der Waals surface area contributed by atoms with Crippen LogP contribution in [0.3, 0.4) is 0 Å². The molecule has 0 spiro atoms. The molecule has 1 N–H and O–H groups in total. The van der Waals surface area contributed by atoms with Crippen molar-refractivity contribution >= 4 is 27.5 Å². The van der Waals surface area contributed by atoms with Gasteiger partial charge < -0.3 is 15.0 Å². The van der Waals surface area contributed by atoms with Crippen LogP contribution in [0.2, 0.25) is 0 Å². The lowest BCUT2D eigenvalue weighted by Crippen LogP contribution is -2.51. The predicted molar refractivity (Wildman–Crippen MR) is 158 cm³/mol. The molecule has 0 aliphatic rings. The monoisotopic (exact) mass is 565 g/mol. The summed E-state index contributed by atoms with van der Waals surface area (Å²) in [4.78, 5) is 28.6. The Morgan fingerprint density at radius 2 is 1.62 bits per heavy atom. The fourth-order valence-electron chi connectivity index (χ4n) is 4.43. The second-order valence-electron chi connectivity index (χ2n) is 9.86. The first-order chi connectivity index (χ1) is 19.1. The number of methoxy groups -OCH3 is 1. The van der Waals surface area contributed by atoms with E-state index < -0.39 is 28.5 Å². The molecular formula is C31H39N3O5S. The zero-order valence-corrected chi connectivity index (χ0v) is 24.7. The molecular weight excluding hydrogens is 526 g/mol. The average Bonchev–Trinajstić information content (AvgIpc) is 2.94. The SMILES string of the molecule is CCCCNC(=O)C(C)N(Cc1cccc(OC)c1)C(=O)CN(c1cc(C)cc(C)c1)S(=O)(=O)c1ccccc1. The van der Waals surface area contributed by atoms with Crippen molar-refractivity contribution < 1.29 is 22.7 Å². The number of nitrogens with zero attached hydrogens (tertiary/aromatic N) is 2. The minimum Gasteiger partial charge on any atom is -0.497 e. The summed E-state index contributed by atoms with van der Waals surface area (Å²) < 4.78 is 34.3. The lowest BCUT2D eigenvalue weighted by atomic mass is 10.1. The van der Waals surface area contributed by atoms with Gasteiger partial charge in [-0.2, -0.15) is 0 Å². The van der Waals surface area contributed by atoms with Gasteiger partial charge in [-0.05, 0) is 80.3 Å². The smallest absolute Gasteiger partial charge is 0.264 e. The van der Waals surface area contributed by atoms with Crippen molar-refractivity contribution in [2.45, 2.75) is 58.0 Å². The number of ether oxygens (including phenoxy) is 1. The second-order valence-corrected chi connectivity index (χ2v) is 11.7. The number of hydrogen-bond acceptors (Lipinski definition) is 5. The van der Waals surface area contributed by atoms with Gasteiger partial charge >= 0.3 is 0 Å². The molecule has 0 heterocycles. The third kappa shape index (κ3) is 7.85. The van der Waals surface area contributed by atoms with Crippen molar-refractivity contribution in [2.75, 3.05) is 24.5 Å². The molecule has 0 saturated heterocycles. The van der Waals surface area contributed by atoms with E-state index >= 15 is 0 Å². The van der Waals surface area contributed by atoms with Gasteiger partial charge in [-0.3, -0.25) is 13.9 Å². The van der Waals surface area contributed by atoms with Crippen molar-refractivity contribution in [3.8, 4) is 5.75 Å². The maximum Gasteiger partial charge on any atom is 0.264 e. The molecule has 3 aromatic carbocycles. The molecule has 214 valence electrons. The Kier molecular flexibility index (Phi) is 10.7. The lowest BCUT2D eigenvalue weighted by molar-refractivity contribution is -0.139. The number of hydrogen-bond donors (Lipinski definition) is 1. The quantitative estimate of drug-likeness (QED) is 0.299. The van der Waals surface area contributed by atoms with Crippen LogP contribution < -0.4 is 14.4 Å². The average molecular weight is 566 g/mol. The minimum atomic E-state index is -4.10. The van der Waals surface area contributed by atoms with Gasteiger partial charge in [0.1, 0.15) is 18.3 Å². The standard InChI is InChI=1S/C31H39N3O5S/c1-6-7-16-32-31(36)25(4)33(21-26-12-11-13-28(20-26)39-5)30(35)22-34(27-18-23(2)17-24(3)19-27)40(37,38)29-14-9-8-10-15-29/h8-15,17-20,25H,6-7,16,21-22H2,1-5H3,(H,32,36). The molecule has 1 atom stereocenters. The molecule has 0 aromatic heterocycles. The molecule has 40 heavy (non-hydrogen) atoms. The van der Waals surface area contributed by atoms with Crippen LogP contribution in [0.1, 0.15) is 43.4 Å². The first kappa shape index (κ1) is 30.7. The van der Waals surface area contributed by atoms with Gasteiger partial charge in [-0.15, -0.1) is 0 Å². The molecule has 0 radical (unpaired) electrons. The maximum absolute atomic E-state index is 14.0. The number of aryl methyl sites for hydroxylation is 2. The summed E-state index contributed by atoms with van der Waals surface area (Å²) in [5.74, 6) is -0.179. The highest BCUT2D eigenvalue weighted by atomic mass is 32.2. The Morgan fingerprint density at radius 1 is 0.950 bits per heavy atom. The molecule has 2 amide bonds. The maximum atomic E-state index is 14.0. The molecule has 3 aromatic rings. The second kappa shape index (κ2) is 14.0. The molecule has 0 fully saturated rings. The molecule has 8 nitrogen and oxygen atoms in total. The Hall–Kier alpha value is -3.85. The summed E-state index contributed by atoms with van der Waals surface area (Å²) in [5.41, 5.74) is 2.88. The molecule has 1 unspecified atom stereocenters. The van der Waals surface area contributed by atoms with E-state index in [2.05, 4.69) is 5.32 Å². The fourth-order valence-corrected chi connectivity index (χ4v) is 5.85. The zero-order chi connectivity index (χ0) is 29.3. The highest BCUT2D eigenvalue weighted by Crippen LogP contribution is 2.27. The van der Waals surface area contributed by atoms with Crippen LogP contribution in [0.5, 0.6) is 5.75 Å². The van der Waals surface area contributed by atoms with E-state index in [4.69, 9.17) is 4.74 Å². The summed E-state index contributed by atoms with van der Waals surface area (Å²) in [6, 6.07) is 19.9. The molecule has 9 heteroatoms. The van der Waals surface area contributed by atoms with Crippen LogP contribution in [0, 0.1) is 13.8 Å². The van der Waals surface area contributed by atoms with Crippen LogP contribution in [-0.2, 0) is 26.2 Å². The van der Waals surface area contributed by atoms with E-state index in [1.165, 1.54) is 17.0 Å². The first-order valence-electron chi connectivity index (χ1n) is 13.4. The van der Waals surface area contributed by atoms with Crippen LogP contribution in [0.25, 0.3) is 0 Å². The van der Waals surface area contributed by atoms with E-state index in [0.717, 1.165) is 33.8 Å². The Bertz CT molecular complexity index is 1390. The van der Waals surface area contributed by atoms with E-state index in [0.29, 0.717) is 18.0 Å². The number of carbonyl (C=O) groups excluding carboxylic acids is 2. The van der Waals surface area contributed by atoms with Gasteiger partial charge in [0.2, 0.25) is 11.8 Å². The van der Waals surface area contributed by atoms with Crippen molar-refractivity contribution in [2.24, 2.45) is 0 Å². The Labute approximate surface area is 238 Å². The first-order valence-corrected chi connectivity index (χ1v) is 14.9. The molecule has 0 aliphatic carbocycles. The van der Waals surface area contributed by atoms with Gasteiger partial charge in [-0.25, -0.2) is 8.42 Å².